The van der Waals surface area contributed by atoms with Crippen LogP contribution in [0.5, 0.6) is 0 Å². The molecule has 3 nitrogen and oxygen atoms in total. The topological polar surface area (TPSA) is 37.4 Å². The SMILES string of the molecule is CC(C)(C)C1C(=O)CCCN1[C]=O. The lowest BCUT2D eigenvalue weighted by atomic mass is 9.80. The van der Waals surface area contributed by atoms with Crippen molar-refractivity contribution in [2.75, 3.05) is 6.54 Å². The van der Waals surface area contributed by atoms with E-state index in [1.54, 1.807) is 0 Å². The number of nitrogens with zero attached hydrogens (tertiary/aromatic N) is 1. The summed E-state index contributed by atoms with van der Waals surface area (Å²) in [6.07, 6.45) is 3.23. The van der Waals surface area contributed by atoms with E-state index in [4.69, 9.17) is 0 Å². The third-order valence-electron chi connectivity index (χ3n) is 2.38. The first-order valence-electron chi connectivity index (χ1n) is 4.64. The fourth-order valence-corrected chi connectivity index (χ4v) is 1.91. The molecule has 3 heteroatoms. The number of hydrogen-bond acceptors (Lipinski definition) is 2. The van der Waals surface area contributed by atoms with Gasteiger partial charge in [0.25, 0.3) is 0 Å². The Morgan fingerprint density at radius 3 is 2.46 bits per heavy atom. The molecule has 1 unspecified atom stereocenters. The van der Waals surface area contributed by atoms with Crippen molar-refractivity contribution in [2.24, 2.45) is 5.41 Å². The van der Waals surface area contributed by atoms with E-state index in [2.05, 4.69) is 0 Å². The number of carbonyl (C=O) groups is 1. The lowest BCUT2D eigenvalue weighted by Gasteiger charge is -2.39. The van der Waals surface area contributed by atoms with Crippen LogP contribution in [-0.4, -0.2) is 29.7 Å². The highest BCUT2D eigenvalue weighted by Gasteiger charge is 2.38. The Morgan fingerprint density at radius 1 is 1.46 bits per heavy atom. The first-order chi connectivity index (χ1) is 5.96. The molecule has 1 atom stereocenters. The largest absolute Gasteiger partial charge is 0.324 e. The van der Waals surface area contributed by atoms with Crippen LogP contribution in [0.4, 0.5) is 0 Å². The van der Waals surface area contributed by atoms with Gasteiger partial charge < -0.3 is 4.90 Å². The standard InChI is InChI=1S/C10H16NO2/c1-10(2,3)9-8(13)5-4-6-11(9)7-12/h9H,4-6H2,1-3H3. The molecule has 0 N–H and O–H groups in total. The van der Waals surface area contributed by atoms with Crippen LogP contribution in [0.1, 0.15) is 33.6 Å². The number of carbonyl (C=O) groups excluding carboxylic acids is 2. The smallest absolute Gasteiger partial charge is 0.312 e. The van der Waals surface area contributed by atoms with Crippen molar-refractivity contribution in [3.8, 4) is 0 Å². The molecule has 1 heterocycles. The van der Waals surface area contributed by atoms with Crippen molar-refractivity contribution in [1.29, 1.82) is 0 Å². The molecule has 0 aliphatic carbocycles. The molecule has 73 valence electrons. The van der Waals surface area contributed by atoms with Gasteiger partial charge in [-0.05, 0) is 11.8 Å². The van der Waals surface area contributed by atoms with Crippen LogP contribution in [0, 0.1) is 5.41 Å². The maximum Gasteiger partial charge on any atom is 0.312 e. The molecule has 1 radical (unpaired) electrons. The second kappa shape index (κ2) is 3.48. The van der Waals surface area contributed by atoms with Crippen molar-refractivity contribution in [3.05, 3.63) is 0 Å². The predicted molar refractivity (Wildman–Crippen MR) is 49.9 cm³/mol. The molecule has 0 aromatic carbocycles. The first kappa shape index (κ1) is 10.2. The first-order valence-corrected chi connectivity index (χ1v) is 4.64. The van der Waals surface area contributed by atoms with Gasteiger partial charge in [0, 0.05) is 13.0 Å². The van der Waals surface area contributed by atoms with Crippen molar-refractivity contribution in [2.45, 2.75) is 39.7 Å². The lowest BCUT2D eigenvalue weighted by molar-refractivity contribution is -0.128. The van der Waals surface area contributed by atoms with Gasteiger partial charge in [-0.15, -0.1) is 0 Å². The van der Waals surface area contributed by atoms with E-state index in [-0.39, 0.29) is 17.2 Å². The number of ketones is 1. The summed E-state index contributed by atoms with van der Waals surface area (Å²) in [5, 5.41) is 0. The Kier molecular flexibility index (Phi) is 2.74. The zero-order valence-electron chi connectivity index (χ0n) is 8.46. The van der Waals surface area contributed by atoms with Crippen LogP contribution in [0.2, 0.25) is 0 Å². The van der Waals surface area contributed by atoms with Gasteiger partial charge in [-0.25, -0.2) is 0 Å². The van der Waals surface area contributed by atoms with Crippen molar-refractivity contribution >= 4 is 12.2 Å². The van der Waals surface area contributed by atoms with Gasteiger partial charge >= 0.3 is 6.41 Å². The van der Waals surface area contributed by atoms with Crippen molar-refractivity contribution in [1.82, 2.24) is 4.90 Å². The number of amides is 1. The van der Waals surface area contributed by atoms with Crippen LogP contribution in [0.25, 0.3) is 0 Å². The molecule has 0 aromatic rings. The molecule has 1 rings (SSSR count). The maximum absolute atomic E-state index is 11.6. The summed E-state index contributed by atoms with van der Waals surface area (Å²) in [6.45, 7) is 6.60. The summed E-state index contributed by atoms with van der Waals surface area (Å²) < 4.78 is 0. The number of piperidine rings is 1. The van der Waals surface area contributed by atoms with Crippen LogP contribution in [0.15, 0.2) is 0 Å². The molecule has 1 saturated heterocycles. The molecule has 0 aromatic heterocycles. The van der Waals surface area contributed by atoms with E-state index < -0.39 is 0 Å². The molecule has 0 saturated carbocycles. The predicted octanol–water partition coefficient (Wildman–Crippen LogP) is 1.13. The summed E-state index contributed by atoms with van der Waals surface area (Å²) in [6, 6.07) is -0.279. The number of rotatable bonds is 1. The highest BCUT2D eigenvalue weighted by atomic mass is 16.1. The Bertz CT molecular complexity index is 217. The van der Waals surface area contributed by atoms with Crippen molar-refractivity contribution < 1.29 is 9.59 Å². The zero-order chi connectivity index (χ0) is 10.1. The summed E-state index contributed by atoms with van der Waals surface area (Å²) in [5.41, 5.74) is -0.172. The second-order valence-corrected chi connectivity index (χ2v) is 4.62. The fourth-order valence-electron chi connectivity index (χ4n) is 1.91. The average Bonchev–Trinajstić information content (AvgIpc) is 2.01. The van der Waals surface area contributed by atoms with Crippen molar-refractivity contribution in [3.63, 3.8) is 0 Å². The van der Waals surface area contributed by atoms with Gasteiger partial charge in [-0.3, -0.25) is 9.59 Å². The molecular weight excluding hydrogens is 166 g/mol. The summed E-state index contributed by atoms with van der Waals surface area (Å²) in [5.74, 6) is 0.169. The molecule has 1 amide bonds. The average molecular weight is 182 g/mol. The third kappa shape index (κ3) is 2.08. The molecule has 0 spiro atoms. The van der Waals surface area contributed by atoms with Crippen LogP contribution in [0.3, 0.4) is 0 Å². The Balaban J connectivity index is 2.86. The minimum absolute atomic E-state index is 0.169. The van der Waals surface area contributed by atoms with Crippen LogP contribution >= 0.6 is 0 Å². The summed E-state index contributed by atoms with van der Waals surface area (Å²) >= 11 is 0. The molecule has 13 heavy (non-hydrogen) atoms. The van der Waals surface area contributed by atoms with Gasteiger partial charge in [0.05, 0.1) is 6.04 Å². The lowest BCUT2D eigenvalue weighted by Crippen LogP contribution is -2.51. The highest BCUT2D eigenvalue weighted by Crippen LogP contribution is 2.28. The third-order valence-corrected chi connectivity index (χ3v) is 2.38. The minimum atomic E-state index is -0.279. The van der Waals surface area contributed by atoms with Gasteiger partial charge in [0.2, 0.25) is 0 Å². The van der Waals surface area contributed by atoms with Crippen LogP contribution < -0.4 is 0 Å². The molecule has 0 bridgehead atoms. The maximum atomic E-state index is 11.6. The van der Waals surface area contributed by atoms with E-state index in [0.717, 1.165) is 6.42 Å². The fraction of sp³-hybridized carbons (Fsp3) is 0.800. The van der Waals surface area contributed by atoms with E-state index in [1.165, 1.54) is 4.90 Å². The Labute approximate surface area is 79.1 Å². The van der Waals surface area contributed by atoms with E-state index in [9.17, 15) is 9.59 Å². The molecule has 1 aliphatic heterocycles. The molecule has 1 fully saturated rings. The van der Waals surface area contributed by atoms with E-state index in [1.807, 2.05) is 27.2 Å². The second-order valence-electron chi connectivity index (χ2n) is 4.62. The minimum Gasteiger partial charge on any atom is -0.324 e. The highest BCUT2D eigenvalue weighted by molar-refractivity contribution is 5.87. The van der Waals surface area contributed by atoms with Gasteiger partial charge in [0.15, 0.2) is 5.78 Å². The Hall–Kier alpha value is -0.860. The molecular formula is C10H16NO2. The quantitative estimate of drug-likeness (QED) is 0.609. The number of Topliss-reactive ketones (excluding diaryl/α,β-unsaturated/α-hetero) is 1. The van der Waals surface area contributed by atoms with Gasteiger partial charge in [-0.1, -0.05) is 20.8 Å². The summed E-state index contributed by atoms with van der Waals surface area (Å²) in [4.78, 5) is 23.7. The Morgan fingerprint density at radius 2 is 2.08 bits per heavy atom. The number of likely N-dealkylation sites (tertiary alicyclic amines) is 1. The zero-order valence-corrected chi connectivity index (χ0v) is 8.46. The van der Waals surface area contributed by atoms with E-state index in [0.29, 0.717) is 13.0 Å². The van der Waals surface area contributed by atoms with Crippen LogP contribution in [-0.2, 0) is 9.59 Å². The molecule has 1 aliphatic rings. The normalized spacial score (nSPS) is 24.7. The summed E-state index contributed by atoms with van der Waals surface area (Å²) in [7, 11) is 0. The van der Waals surface area contributed by atoms with E-state index >= 15 is 0 Å². The number of hydrogen-bond donors (Lipinski definition) is 0. The van der Waals surface area contributed by atoms with Gasteiger partial charge in [-0.2, -0.15) is 0 Å². The van der Waals surface area contributed by atoms with Gasteiger partial charge in [0.1, 0.15) is 0 Å². The monoisotopic (exact) mass is 182 g/mol.